The zero-order valence-electron chi connectivity index (χ0n) is 9.99. The monoisotopic (exact) mass is 220 g/mol. The molecule has 0 spiro atoms. The summed E-state index contributed by atoms with van der Waals surface area (Å²) >= 11 is 0. The lowest BCUT2D eigenvalue weighted by Gasteiger charge is -2.29. The summed E-state index contributed by atoms with van der Waals surface area (Å²) in [5.41, 5.74) is 7.99. The van der Waals surface area contributed by atoms with Crippen molar-refractivity contribution < 1.29 is 4.74 Å². The maximum absolute atomic E-state index is 5.91. The van der Waals surface area contributed by atoms with Crippen LogP contribution in [0.25, 0.3) is 0 Å². The lowest BCUT2D eigenvalue weighted by molar-refractivity contribution is 0.0882. The largest absolute Gasteiger partial charge is 0.398 e. The van der Waals surface area contributed by atoms with Crippen LogP contribution in [0.1, 0.15) is 25.8 Å². The fourth-order valence-corrected chi connectivity index (χ4v) is 2.06. The van der Waals surface area contributed by atoms with E-state index in [4.69, 9.17) is 10.5 Å². The van der Waals surface area contributed by atoms with Crippen LogP contribution in [0.3, 0.4) is 0 Å². The van der Waals surface area contributed by atoms with Crippen LogP contribution in [0.4, 0.5) is 5.69 Å². The summed E-state index contributed by atoms with van der Waals surface area (Å²) < 4.78 is 5.59. The average molecular weight is 220 g/mol. The van der Waals surface area contributed by atoms with Crippen molar-refractivity contribution in [2.75, 3.05) is 12.3 Å². The minimum atomic E-state index is 0.0717. The second-order valence-corrected chi connectivity index (χ2v) is 4.73. The molecule has 1 fully saturated rings. The van der Waals surface area contributed by atoms with Crippen molar-refractivity contribution in [1.82, 2.24) is 5.32 Å². The summed E-state index contributed by atoms with van der Waals surface area (Å²) in [6, 6.07) is 7.98. The Bertz CT molecular complexity index is 367. The third kappa shape index (κ3) is 2.20. The molecule has 0 amide bonds. The summed E-state index contributed by atoms with van der Waals surface area (Å²) in [4.78, 5) is 0. The van der Waals surface area contributed by atoms with E-state index in [1.807, 2.05) is 18.2 Å². The molecule has 3 nitrogen and oxygen atoms in total. The van der Waals surface area contributed by atoms with E-state index in [1.54, 1.807) is 0 Å². The Hall–Kier alpha value is -1.06. The Kier molecular flexibility index (Phi) is 3.17. The SMILES string of the molecule is CC1OCCC1(C)NCc1ccccc1N. The molecule has 2 atom stereocenters. The average Bonchev–Trinajstić information content (AvgIpc) is 2.59. The van der Waals surface area contributed by atoms with Crippen molar-refractivity contribution >= 4 is 5.69 Å². The summed E-state index contributed by atoms with van der Waals surface area (Å²) in [5, 5.41) is 3.56. The standard InChI is InChI=1S/C13H20N2O/c1-10-13(2,7-8-16-10)15-9-11-5-3-4-6-12(11)14/h3-6,10,15H,7-9,14H2,1-2H3. The summed E-state index contributed by atoms with van der Waals surface area (Å²) in [6.45, 7) is 5.98. The van der Waals surface area contributed by atoms with Crippen molar-refractivity contribution in [3.8, 4) is 0 Å². The molecule has 0 aliphatic carbocycles. The van der Waals surface area contributed by atoms with Crippen LogP contribution in [0.2, 0.25) is 0 Å². The van der Waals surface area contributed by atoms with Gasteiger partial charge in [0.2, 0.25) is 0 Å². The van der Waals surface area contributed by atoms with Gasteiger partial charge in [0.05, 0.1) is 6.10 Å². The van der Waals surface area contributed by atoms with Crippen LogP contribution in [-0.4, -0.2) is 18.2 Å². The van der Waals surface area contributed by atoms with Crippen LogP contribution in [-0.2, 0) is 11.3 Å². The van der Waals surface area contributed by atoms with Gasteiger partial charge >= 0.3 is 0 Å². The van der Waals surface area contributed by atoms with Gasteiger partial charge in [-0.3, -0.25) is 0 Å². The van der Waals surface area contributed by atoms with Gasteiger partial charge in [0.25, 0.3) is 0 Å². The number of nitrogens with two attached hydrogens (primary N) is 1. The van der Waals surface area contributed by atoms with Gasteiger partial charge < -0.3 is 15.8 Å². The molecular formula is C13H20N2O. The number of para-hydroxylation sites is 1. The van der Waals surface area contributed by atoms with Crippen molar-refractivity contribution in [2.24, 2.45) is 0 Å². The first-order valence-corrected chi connectivity index (χ1v) is 5.82. The molecule has 1 aromatic carbocycles. The normalized spacial score (nSPS) is 29.5. The van der Waals surface area contributed by atoms with Crippen LogP contribution in [0, 0.1) is 0 Å². The Morgan fingerprint density at radius 1 is 1.50 bits per heavy atom. The Labute approximate surface area is 97.0 Å². The lowest BCUT2D eigenvalue weighted by Crippen LogP contribution is -2.47. The molecule has 0 radical (unpaired) electrons. The molecule has 1 aromatic rings. The minimum absolute atomic E-state index is 0.0717. The molecule has 0 saturated carbocycles. The maximum atomic E-state index is 5.91. The number of hydrogen-bond acceptors (Lipinski definition) is 3. The molecule has 0 bridgehead atoms. The zero-order chi connectivity index (χ0) is 11.6. The number of anilines is 1. The van der Waals surface area contributed by atoms with Crippen molar-refractivity contribution in [2.45, 2.75) is 38.5 Å². The Morgan fingerprint density at radius 2 is 2.25 bits per heavy atom. The molecule has 3 N–H and O–H groups in total. The maximum Gasteiger partial charge on any atom is 0.0726 e. The van der Waals surface area contributed by atoms with E-state index < -0.39 is 0 Å². The van der Waals surface area contributed by atoms with E-state index in [-0.39, 0.29) is 11.6 Å². The molecule has 3 heteroatoms. The third-order valence-electron chi connectivity index (χ3n) is 3.62. The molecule has 88 valence electrons. The van der Waals surface area contributed by atoms with Crippen LogP contribution in [0.15, 0.2) is 24.3 Å². The molecule has 1 heterocycles. The Balaban J connectivity index is 2.00. The lowest BCUT2D eigenvalue weighted by atomic mass is 9.94. The summed E-state index contributed by atoms with van der Waals surface area (Å²) in [6.07, 6.45) is 1.32. The number of ether oxygens (including phenoxy) is 1. The van der Waals surface area contributed by atoms with Crippen molar-refractivity contribution in [3.05, 3.63) is 29.8 Å². The predicted octanol–water partition coefficient (Wildman–Crippen LogP) is 1.93. The van der Waals surface area contributed by atoms with E-state index in [0.29, 0.717) is 0 Å². The molecule has 2 rings (SSSR count). The minimum Gasteiger partial charge on any atom is -0.398 e. The molecule has 16 heavy (non-hydrogen) atoms. The highest BCUT2D eigenvalue weighted by Crippen LogP contribution is 2.25. The molecule has 0 aromatic heterocycles. The predicted molar refractivity (Wildman–Crippen MR) is 66.1 cm³/mol. The van der Waals surface area contributed by atoms with E-state index in [2.05, 4.69) is 25.2 Å². The van der Waals surface area contributed by atoms with Gasteiger partial charge in [-0.05, 0) is 31.9 Å². The van der Waals surface area contributed by atoms with Gasteiger partial charge in [0.1, 0.15) is 0 Å². The molecule has 1 aliphatic rings. The van der Waals surface area contributed by atoms with Crippen LogP contribution < -0.4 is 11.1 Å². The van der Waals surface area contributed by atoms with Gasteiger partial charge in [0, 0.05) is 24.4 Å². The first-order chi connectivity index (χ1) is 7.62. The fourth-order valence-electron chi connectivity index (χ4n) is 2.06. The summed E-state index contributed by atoms with van der Waals surface area (Å²) in [5.74, 6) is 0. The van der Waals surface area contributed by atoms with Gasteiger partial charge in [-0.15, -0.1) is 0 Å². The van der Waals surface area contributed by atoms with Crippen molar-refractivity contribution in [3.63, 3.8) is 0 Å². The smallest absolute Gasteiger partial charge is 0.0726 e. The number of benzene rings is 1. The van der Waals surface area contributed by atoms with Gasteiger partial charge in [-0.1, -0.05) is 18.2 Å². The second-order valence-electron chi connectivity index (χ2n) is 4.73. The van der Waals surface area contributed by atoms with Gasteiger partial charge in [0.15, 0.2) is 0 Å². The van der Waals surface area contributed by atoms with Crippen LogP contribution in [0.5, 0.6) is 0 Å². The number of nitrogens with one attached hydrogen (secondary N) is 1. The van der Waals surface area contributed by atoms with Gasteiger partial charge in [-0.25, -0.2) is 0 Å². The van der Waals surface area contributed by atoms with E-state index in [1.165, 1.54) is 0 Å². The van der Waals surface area contributed by atoms with E-state index in [9.17, 15) is 0 Å². The number of hydrogen-bond donors (Lipinski definition) is 2. The zero-order valence-corrected chi connectivity index (χ0v) is 9.99. The number of nitrogen functional groups attached to an aromatic ring is 1. The topological polar surface area (TPSA) is 47.3 Å². The highest BCUT2D eigenvalue weighted by Gasteiger charge is 2.36. The first-order valence-electron chi connectivity index (χ1n) is 5.82. The molecule has 1 aliphatic heterocycles. The van der Waals surface area contributed by atoms with E-state index in [0.717, 1.165) is 30.8 Å². The first kappa shape index (κ1) is 11.4. The second kappa shape index (κ2) is 4.44. The molecular weight excluding hydrogens is 200 g/mol. The Morgan fingerprint density at radius 3 is 2.88 bits per heavy atom. The summed E-state index contributed by atoms with van der Waals surface area (Å²) in [7, 11) is 0. The highest BCUT2D eigenvalue weighted by molar-refractivity contribution is 5.46. The fraction of sp³-hybridized carbons (Fsp3) is 0.538. The highest BCUT2D eigenvalue weighted by atomic mass is 16.5. The third-order valence-corrected chi connectivity index (χ3v) is 3.62. The van der Waals surface area contributed by atoms with Gasteiger partial charge in [-0.2, -0.15) is 0 Å². The van der Waals surface area contributed by atoms with Crippen LogP contribution >= 0.6 is 0 Å². The van der Waals surface area contributed by atoms with Crippen molar-refractivity contribution in [1.29, 1.82) is 0 Å². The number of rotatable bonds is 3. The quantitative estimate of drug-likeness (QED) is 0.765. The molecule has 2 unspecified atom stereocenters. The molecule has 1 saturated heterocycles. The van der Waals surface area contributed by atoms with E-state index >= 15 is 0 Å².